The van der Waals surface area contributed by atoms with E-state index >= 15 is 0 Å². The minimum atomic E-state index is -0.0641. The molecule has 0 bridgehead atoms. The van der Waals surface area contributed by atoms with Crippen molar-refractivity contribution >= 4 is 11.6 Å². The molecule has 0 saturated heterocycles. The van der Waals surface area contributed by atoms with Gasteiger partial charge in [-0.25, -0.2) is 0 Å². The van der Waals surface area contributed by atoms with E-state index in [-0.39, 0.29) is 41.1 Å². The Labute approximate surface area is 121 Å². The zero-order chi connectivity index (χ0) is 11.1. The number of hydrogen-bond acceptors (Lipinski definition) is 2. The molecule has 1 aliphatic rings. The second-order valence-corrected chi connectivity index (χ2v) is 3.75. The van der Waals surface area contributed by atoms with E-state index in [1.54, 1.807) is 48.5 Å². The maximum Gasteiger partial charge on any atom is 1.00 e. The number of benzene rings is 2. The molecule has 0 spiro atoms. The molecule has 76 valence electrons. The molecule has 0 heterocycles. The molecule has 0 aromatic heterocycles. The van der Waals surface area contributed by atoms with Gasteiger partial charge in [-0.1, -0.05) is 48.5 Å². The van der Waals surface area contributed by atoms with Gasteiger partial charge in [-0.2, -0.15) is 0 Å². The van der Waals surface area contributed by atoms with Crippen LogP contribution >= 0.6 is 0 Å². The Balaban J connectivity index is 0.00000108. The molecule has 0 atom stereocenters. The maximum atomic E-state index is 12.1. The predicted molar refractivity (Wildman–Crippen MR) is 59.7 cm³/mol. The molecule has 0 unspecified atom stereocenters. The second kappa shape index (κ2) is 4.57. The van der Waals surface area contributed by atoms with E-state index in [0.29, 0.717) is 22.3 Å². The third-order valence-corrected chi connectivity index (χ3v) is 2.83. The molecule has 0 aliphatic heterocycles. The van der Waals surface area contributed by atoms with Gasteiger partial charge in [-0.3, -0.25) is 9.59 Å². The van der Waals surface area contributed by atoms with Crippen molar-refractivity contribution in [3.05, 3.63) is 70.8 Å². The fraction of sp³-hybridized carbons (Fsp3) is 0. The molecular formula is C14H8NaO2+. The molecule has 0 N–H and O–H groups in total. The van der Waals surface area contributed by atoms with Gasteiger partial charge in [0.05, 0.1) is 0 Å². The van der Waals surface area contributed by atoms with Crippen molar-refractivity contribution in [3.63, 3.8) is 0 Å². The minimum Gasteiger partial charge on any atom is -0.289 e. The van der Waals surface area contributed by atoms with Crippen LogP contribution < -0.4 is 29.6 Å². The first-order valence-corrected chi connectivity index (χ1v) is 5.06. The van der Waals surface area contributed by atoms with Crippen LogP contribution in [0.15, 0.2) is 48.5 Å². The predicted octanol–water partition coefficient (Wildman–Crippen LogP) is -0.534. The van der Waals surface area contributed by atoms with Crippen molar-refractivity contribution in [2.75, 3.05) is 0 Å². The first-order chi connectivity index (χ1) is 7.79. The van der Waals surface area contributed by atoms with Crippen molar-refractivity contribution in [1.29, 1.82) is 0 Å². The summed E-state index contributed by atoms with van der Waals surface area (Å²) < 4.78 is 0. The van der Waals surface area contributed by atoms with Gasteiger partial charge in [0.25, 0.3) is 0 Å². The van der Waals surface area contributed by atoms with E-state index in [1.807, 2.05) is 0 Å². The second-order valence-electron chi connectivity index (χ2n) is 3.75. The fourth-order valence-corrected chi connectivity index (χ4v) is 2.05. The van der Waals surface area contributed by atoms with Gasteiger partial charge in [-0.05, 0) is 0 Å². The zero-order valence-corrected chi connectivity index (χ0v) is 11.4. The summed E-state index contributed by atoms with van der Waals surface area (Å²) in [5.74, 6) is -0.128. The van der Waals surface area contributed by atoms with Gasteiger partial charge in [-0.15, -0.1) is 0 Å². The third kappa shape index (κ3) is 1.78. The first-order valence-electron chi connectivity index (χ1n) is 5.06. The van der Waals surface area contributed by atoms with E-state index in [1.165, 1.54) is 0 Å². The van der Waals surface area contributed by atoms with Crippen LogP contribution in [0.25, 0.3) is 0 Å². The molecule has 3 rings (SSSR count). The van der Waals surface area contributed by atoms with Crippen molar-refractivity contribution < 1.29 is 39.1 Å². The number of carbonyl (C=O) groups excluding carboxylic acids is 2. The molecule has 0 amide bonds. The summed E-state index contributed by atoms with van der Waals surface area (Å²) in [6.45, 7) is 0. The van der Waals surface area contributed by atoms with Crippen LogP contribution in [0.3, 0.4) is 0 Å². The molecule has 2 aromatic carbocycles. The number of hydrogen-bond donors (Lipinski definition) is 0. The van der Waals surface area contributed by atoms with Crippen molar-refractivity contribution in [2.24, 2.45) is 0 Å². The minimum absolute atomic E-state index is 0. The van der Waals surface area contributed by atoms with Gasteiger partial charge < -0.3 is 0 Å². The van der Waals surface area contributed by atoms with E-state index in [9.17, 15) is 9.59 Å². The molecular weight excluding hydrogens is 223 g/mol. The molecule has 2 nitrogen and oxygen atoms in total. The number of rotatable bonds is 0. The Morgan fingerprint density at radius 1 is 0.529 bits per heavy atom. The van der Waals surface area contributed by atoms with Crippen LogP contribution in [-0.4, -0.2) is 11.6 Å². The average Bonchev–Trinajstić information content (AvgIpc) is 2.36. The molecule has 0 radical (unpaired) electrons. The van der Waals surface area contributed by atoms with Crippen LogP contribution in [-0.2, 0) is 0 Å². The summed E-state index contributed by atoms with van der Waals surface area (Å²) in [4.78, 5) is 24.2. The topological polar surface area (TPSA) is 34.1 Å². The van der Waals surface area contributed by atoms with E-state index in [0.717, 1.165) is 0 Å². The van der Waals surface area contributed by atoms with Crippen molar-refractivity contribution in [1.82, 2.24) is 0 Å². The Morgan fingerprint density at radius 3 is 1.00 bits per heavy atom. The van der Waals surface area contributed by atoms with Gasteiger partial charge in [0.15, 0.2) is 11.6 Å². The normalized spacial score (nSPS) is 12.5. The Kier molecular flexibility index (Phi) is 3.29. The molecule has 3 heteroatoms. The Morgan fingerprint density at radius 2 is 0.765 bits per heavy atom. The van der Waals surface area contributed by atoms with Crippen molar-refractivity contribution in [3.8, 4) is 0 Å². The average molecular weight is 231 g/mol. The van der Waals surface area contributed by atoms with Crippen LogP contribution in [0.5, 0.6) is 0 Å². The smallest absolute Gasteiger partial charge is 0.289 e. The molecule has 17 heavy (non-hydrogen) atoms. The summed E-state index contributed by atoms with van der Waals surface area (Å²) in [5.41, 5.74) is 2.02. The number of ketones is 2. The number of fused-ring (bicyclic) bond motifs is 2. The maximum absolute atomic E-state index is 12.1. The van der Waals surface area contributed by atoms with Crippen molar-refractivity contribution in [2.45, 2.75) is 0 Å². The molecule has 1 aliphatic carbocycles. The largest absolute Gasteiger partial charge is 1.00 e. The molecule has 0 fully saturated rings. The van der Waals surface area contributed by atoms with Crippen LogP contribution in [0.4, 0.5) is 0 Å². The Hall–Kier alpha value is -1.22. The van der Waals surface area contributed by atoms with Gasteiger partial charge in [0, 0.05) is 22.3 Å². The van der Waals surface area contributed by atoms with Crippen LogP contribution in [0, 0.1) is 0 Å². The Bertz CT molecular complexity index is 512. The summed E-state index contributed by atoms with van der Waals surface area (Å²) in [6.07, 6.45) is 0. The quantitative estimate of drug-likeness (QED) is 0.487. The zero-order valence-electron chi connectivity index (χ0n) is 9.44. The fourth-order valence-electron chi connectivity index (χ4n) is 2.05. The van der Waals surface area contributed by atoms with E-state index in [2.05, 4.69) is 0 Å². The summed E-state index contributed by atoms with van der Waals surface area (Å²) in [7, 11) is 0. The summed E-state index contributed by atoms with van der Waals surface area (Å²) >= 11 is 0. The van der Waals surface area contributed by atoms with Gasteiger partial charge >= 0.3 is 29.6 Å². The van der Waals surface area contributed by atoms with Gasteiger partial charge in [0.2, 0.25) is 0 Å². The van der Waals surface area contributed by atoms with E-state index in [4.69, 9.17) is 0 Å². The van der Waals surface area contributed by atoms with E-state index < -0.39 is 0 Å². The molecule has 2 aromatic rings. The van der Waals surface area contributed by atoms with Crippen LogP contribution in [0.1, 0.15) is 31.8 Å². The third-order valence-electron chi connectivity index (χ3n) is 2.83. The first kappa shape index (κ1) is 12.2. The van der Waals surface area contributed by atoms with Crippen LogP contribution in [0.2, 0.25) is 0 Å². The summed E-state index contributed by atoms with van der Waals surface area (Å²) in [5, 5.41) is 0. The monoisotopic (exact) mass is 231 g/mol. The SMILES string of the molecule is O=C1c2ccccc2C(=O)c2ccccc21.[Na+]. The standard InChI is InChI=1S/C14H8O2.Na/c15-13-9-5-1-2-6-10(9)14(16)12-8-4-3-7-11(12)13;/h1-8H;/q;+1. The molecule has 0 saturated carbocycles. The summed E-state index contributed by atoms with van der Waals surface area (Å²) in [6, 6.07) is 13.9. The van der Waals surface area contributed by atoms with Gasteiger partial charge in [0.1, 0.15) is 0 Å². The number of carbonyl (C=O) groups is 2.